The molecule has 3 rings (SSSR count). The van der Waals surface area contributed by atoms with E-state index in [0.29, 0.717) is 22.2 Å². The molecule has 23 heavy (non-hydrogen) atoms. The average molecular weight is 352 g/mol. The van der Waals surface area contributed by atoms with E-state index in [0.717, 1.165) is 24.8 Å². The Morgan fingerprint density at radius 1 is 1.17 bits per heavy atom. The summed E-state index contributed by atoms with van der Waals surface area (Å²) in [6.07, 6.45) is 4.39. The largest absolute Gasteiger partial charge is 0.495 e. The minimum absolute atomic E-state index is 0.121. The summed E-state index contributed by atoms with van der Waals surface area (Å²) in [6.45, 7) is 0. The number of methoxy groups -OCH3 is 2. The molecular formula is C17H18ClNO3S. The number of amides is 1. The first-order valence-corrected chi connectivity index (χ1v) is 8.72. The maximum atomic E-state index is 12.6. The van der Waals surface area contributed by atoms with Gasteiger partial charge in [0.2, 0.25) is 0 Å². The van der Waals surface area contributed by atoms with Crippen LogP contribution in [0.5, 0.6) is 11.5 Å². The summed E-state index contributed by atoms with van der Waals surface area (Å²) in [5, 5.41) is 5.28. The summed E-state index contributed by atoms with van der Waals surface area (Å²) in [7, 11) is 3.08. The zero-order valence-corrected chi connectivity index (χ0v) is 14.6. The van der Waals surface area contributed by atoms with E-state index in [1.807, 2.05) is 5.38 Å². The summed E-state index contributed by atoms with van der Waals surface area (Å²) in [4.78, 5) is 14.0. The first-order valence-electron chi connectivity index (χ1n) is 7.46. The number of hydrogen-bond donors (Lipinski definition) is 1. The van der Waals surface area contributed by atoms with Crippen molar-refractivity contribution in [2.75, 3.05) is 19.5 Å². The molecule has 6 heteroatoms. The van der Waals surface area contributed by atoms with Crippen LogP contribution in [0.1, 0.15) is 33.6 Å². The van der Waals surface area contributed by atoms with Gasteiger partial charge in [-0.3, -0.25) is 4.79 Å². The second-order valence-electron chi connectivity index (χ2n) is 5.40. The molecular weight excluding hydrogens is 334 g/mol. The third-order valence-electron chi connectivity index (χ3n) is 4.03. The highest BCUT2D eigenvalue weighted by Gasteiger charge is 2.21. The van der Waals surface area contributed by atoms with Crippen LogP contribution in [0.3, 0.4) is 0 Å². The number of thiophene rings is 1. The Bertz CT molecular complexity index is 742. The van der Waals surface area contributed by atoms with Gasteiger partial charge in [-0.25, -0.2) is 0 Å². The van der Waals surface area contributed by atoms with Crippen LogP contribution in [0, 0.1) is 0 Å². The monoisotopic (exact) mass is 351 g/mol. The predicted molar refractivity (Wildman–Crippen MR) is 93.5 cm³/mol. The molecule has 0 spiro atoms. The summed E-state index contributed by atoms with van der Waals surface area (Å²) in [5.74, 6) is 0.905. The Hall–Kier alpha value is -1.72. The molecule has 4 nitrogen and oxygen atoms in total. The second-order valence-corrected chi connectivity index (χ2v) is 6.77. The Kier molecular flexibility index (Phi) is 4.78. The molecule has 1 aliphatic carbocycles. The average Bonchev–Trinajstić information content (AvgIpc) is 2.99. The van der Waals surface area contributed by atoms with Gasteiger partial charge in [-0.15, -0.1) is 11.3 Å². The molecule has 1 aromatic carbocycles. The molecule has 0 radical (unpaired) electrons. The van der Waals surface area contributed by atoms with Crippen molar-refractivity contribution in [3.05, 3.63) is 38.5 Å². The van der Waals surface area contributed by atoms with E-state index in [9.17, 15) is 4.79 Å². The van der Waals surface area contributed by atoms with Crippen LogP contribution in [0.15, 0.2) is 17.5 Å². The highest BCUT2D eigenvalue weighted by Crippen LogP contribution is 2.37. The molecule has 0 bridgehead atoms. The van der Waals surface area contributed by atoms with Crippen LogP contribution in [-0.2, 0) is 12.8 Å². The minimum atomic E-state index is -0.121. The number of anilines is 1. The number of hydrogen-bond acceptors (Lipinski definition) is 4. The van der Waals surface area contributed by atoms with Gasteiger partial charge in [0.15, 0.2) is 0 Å². The van der Waals surface area contributed by atoms with Crippen LogP contribution in [0.2, 0.25) is 5.02 Å². The standard InChI is InChI=1S/C17H18ClNO3S/c1-21-14-8-15(22-2)13(7-12(14)18)19-17(20)11-9-23-16-6-4-3-5-10(11)16/h7-9H,3-6H2,1-2H3,(H,19,20). The number of benzene rings is 1. The van der Waals surface area contributed by atoms with E-state index >= 15 is 0 Å². The van der Waals surface area contributed by atoms with Gasteiger partial charge in [0.05, 0.1) is 30.5 Å². The van der Waals surface area contributed by atoms with Gasteiger partial charge in [-0.2, -0.15) is 0 Å². The smallest absolute Gasteiger partial charge is 0.256 e. The number of carbonyl (C=O) groups excluding carboxylic acids is 1. The zero-order valence-electron chi connectivity index (χ0n) is 13.1. The van der Waals surface area contributed by atoms with E-state index < -0.39 is 0 Å². The molecule has 0 unspecified atom stereocenters. The van der Waals surface area contributed by atoms with Crippen molar-refractivity contribution in [2.45, 2.75) is 25.7 Å². The first-order chi connectivity index (χ1) is 11.1. The minimum Gasteiger partial charge on any atom is -0.495 e. The Morgan fingerprint density at radius 2 is 1.91 bits per heavy atom. The lowest BCUT2D eigenvalue weighted by Crippen LogP contribution is -2.15. The van der Waals surface area contributed by atoms with Gasteiger partial charge >= 0.3 is 0 Å². The van der Waals surface area contributed by atoms with Gasteiger partial charge in [-0.05, 0) is 37.3 Å². The number of nitrogens with one attached hydrogen (secondary N) is 1. The summed E-state index contributed by atoms with van der Waals surface area (Å²) < 4.78 is 10.5. The fourth-order valence-corrected chi connectivity index (χ4v) is 4.20. The Labute approximate surface area is 144 Å². The number of rotatable bonds is 4. The lowest BCUT2D eigenvalue weighted by molar-refractivity contribution is 0.102. The molecule has 122 valence electrons. The highest BCUT2D eigenvalue weighted by molar-refractivity contribution is 7.10. The number of ether oxygens (including phenoxy) is 2. The van der Waals surface area contributed by atoms with E-state index in [2.05, 4.69) is 5.32 Å². The van der Waals surface area contributed by atoms with Crippen LogP contribution < -0.4 is 14.8 Å². The van der Waals surface area contributed by atoms with Crippen molar-refractivity contribution in [3.63, 3.8) is 0 Å². The van der Waals surface area contributed by atoms with Crippen LogP contribution in [-0.4, -0.2) is 20.1 Å². The molecule has 1 heterocycles. The Morgan fingerprint density at radius 3 is 2.65 bits per heavy atom. The highest BCUT2D eigenvalue weighted by atomic mass is 35.5. The summed E-state index contributed by atoms with van der Waals surface area (Å²) in [6, 6.07) is 3.32. The predicted octanol–water partition coefficient (Wildman–Crippen LogP) is 4.55. The molecule has 0 aliphatic heterocycles. The summed E-state index contributed by atoms with van der Waals surface area (Å²) >= 11 is 7.82. The topological polar surface area (TPSA) is 47.6 Å². The van der Waals surface area contributed by atoms with Gasteiger partial charge in [-0.1, -0.05) is 11.6 Å². The van der Waals surface area contributed by atoms with E-state index in [1.165, 1.54) is 24.0 Å². The molecule has 0 atom stereocenters. The number of aryl methyl sites for hydroxylation is 1. The molecule has 0 saturated carbocycles. The molecule has 2 aromatic rings. The van der Waals surface area contributed by atoms with Crippen molar-refractivity contribution < 1.29 is 14.3 Å². The van der Waals surface area contributed by atoms with Crippen LogP contribution in [0.25, 0.3) is 0 Å². The van der Waals surface area contributed by atoms with Gasteiger partial charge < -0.3 is 14.8 Å². The zero-order chi connectivity index (χ0) is 16.4. The lowest BCUT2D eigenvalue weighted by atomic mass is 9.95. The number of carbonyl (C=O) groups is 1. The number of halogens is 1. The quantitative estimate of drug-likeness (QED) is 0.879. The maximum absolute atomic E-state index is 12.6. The first kappa shape index (κ1) is 16.1. The lowest BCUT2D eigenvalue weighted by Gasteiger charge is -2.15. The van der Waals surface area contributed by atoms with Crippen molar-refractivity contribution in [1.29, 1.82) is 0 Å². The molecule has 1 aromatic heterocycles. The fourth-order valence-electron chi connectivity index (χ4n) is 2.83. The van der Waals surface area contributed by atoms with E-state index in [1.54, 1.807) is 30.6 Å². The molecule has 1 N–H and O–H groups in total. The number of fused-ring (bicyclic) bond motifs is 1. The van der Waals surface area contributed by atoms with Gasteiger partial charge in [0, 0.05) is 16.3 Å². The van der Waals surface area contributed by atoms with Crippen molar-refractivity contribution in [2.24, 2.45) is 0 Å². The van der Waals surface area contributed by atoms with Gasteiger partial charge in [0.25, 0.3) is 5.91 Å². The van der Waals surface area contributed by atoms with E-state index in [-0.39, 0.29) is 5.91 Å². The molecule has 0 saturated heterocycles. The molecule has 1 amide bonds. The normalized spacial score (nSPS) is 13.3. The second kappa shape index (κ2) is 6.81. The van der Waals surface area contributed by atoms with Crippen molar-refractivity contribution in [1.82, 2.24) is 0 Å². The maximum Gasteiger partial charge on any atom is 0.256 e. The third-order valence-corrected chi connectivity index (χ3v) is 5.41. The van der Waals surface area contributed by atoms with Crippen LogP contribution >= 0.6 is 22.9 Å². The fraction of sp³-hybridized carbons (Fsp3) is 0.353. The van der Waals surface area contributed by atoms with Crippen molar-refractivity contribution in [3.8, 4) is 11.5 Å². The van der Waals surface area contributed by atoms with Crippen LogP contribution in [0.4, 0.5) is 5.69 Å². The van der Waals surface area contributed by atoms with Gasteiger partial charge in [0.1, 0.15) is 11.5 Å². The summed E-state index contributed by atoms with van der Waals surface area (Å²) in [5.41, 5.74) is 2.50. The third kappa shape index (κ3) is 3.16. The Balaban J connectivity index is 1.88. The SMILES string of the molecule is COc1cc(OC)c(NC(=O)c2csc3c2CCCC3)cc1Cl. The molecule has 1 aliphatic rings. The van der Waals surface area contributed by atoms with E-state index in [4.69, 9.17) is 21.1 Å². The van der Waals surface area contributed by atoms with Crippen molar-refractivity contribution >= 4 is 34.5 Å². The molecule has 0 fully saturated rings.